The molecule has 12 heteroatoms. The zero-order valence-corrected chi connectivity index (χ0v) is 23.9. The zero-order chi connectivity index (χ0) is 27.5. The molecule has 4 aliphatic rings. The number of nitrogens with zero attached hydrogens (tertiary/aromatic N) is 7. The van der Waals surface area contributed by atoms with E-state index in [-0.39, 0.29) is 0 Å². The summed E-state index contributed by atoms with van der Waals surface area (Å²) in [6.07, 6.45) is 6.47. The molecule has 2 aliphatic carbocycles. The summed E-state index contributed by atoms with van der Waals surface area (Å²) < 4.78 is 12.2. The Kier molecular flexibility index (Phi) is 6.21. The minimum atomic E-state index is -0.586. The van der Waals surface area contributed by atoms with E-state index >= 15 is 0 Å². The van der Waals surface area contributed by atoms with Gasteiger partial charge in [-0.25, -0.2) is 0 Å². The fourth-order valence-corrected chi connectivity index (χ4v) is 7.97. The fraction of sp³-hybridized carbons (Fsp3) is 0.607. The van der Waals surface area contributed by atoms with E-state index in [2.05, 4.69) is 40.3 Å². The number of hydrogen-bond acceptors (Lipinski definition) is 12. The van der Waals surface area contributed by atoms with Gasteiger partial charge in [0.05, 0.1) is 11.0 Å². The Morgan fingerprint density at radius 2 is 2.08 bits per heavy atom. The first kappa shape index (κ1) is 25.7. The van der Waals surface area contributed by atoms with E-state index < -0.39 is 5.41 Å². The molecule has 210 valence electrons. The Labute approximate surface area is 237 Å². The van der Waals surface area contributed by atoms with Gasteiger partial charge in [-0.05, 0) is 57.9 Å². The Morgan fingerprint density at radius 3 is 2.83 bits per heavy atom. The predicted octanol–water partition coefficient (Wildman–Crippen LogP) is 2.96. The van der Waals surface area contributed by atoms with E-state index in [0.29, 0.717) is 52.0 Å². The third kappa shape index (κ3) is 4.40. The van der Waals surface area contributed by atoms with Crippen molar-refractivity contribution in [2.24, 2.45) is 5.41 Å². The molecule has 1 spiro atoms. The number of piperazine rings is 1. The maximum atomic E-state index is 9.86. The van der Waals surface area contributed by atoms with Gasteiger partial charge in [0.2, 0.25) is 11.7 Å². The van der Waals surface area contributed by atoms with E-state index in [1.807, 2.05) is 6.07 Å². The van der Waals surface area contributed by atoms with Crippen LogP contribution in [0.2, 0.25) is 0 Å². The number of nitrogens with one attached hydrogen (secondary N) is 1. The number of rotatable bonds is 6. The molecule has 0 radical (unpaired) electrons. The monoisotopic (exact) mass is 561 g/mol. The number of thiophene rings is 1. The number of ether oxygens (including phenoxy) is 1. The second-order valence-corrected chi connectivity index (χ2v) is 13.2. The van der Waals surface area contributed by atoms with E-state index in [9.17, 15) is 5.26 Å². The summed E-state index contributed by atoms with van der Waals surface area (Å²) in [7, 11) is 2.18. The summed E-state index contributed by atoms with van der Waals surface area (Å²) in [6.45, 7) is 7.24. The molecule has 0 aromatic carbocycles. The van der Waals surface area contributed by atoms with Crippen molar-refractivity contribution < 1.29 is 9.26 Å². The average Bonchev–Trinajstić information content (AvgIpc) is 3.27. The number of fused-ring (bicyclic) bond motifs is 1. The average molecular weight is 562 g/mol. The Bertz CT molecular complexity index is 1470. The predicted molar refractivity (Wildman–Crippen MR) is 151 cm³/mol. The molecule has 2 aliphatic heterocycles. The Balaban J connectivity index is 1.20. The van der Waals surface area contributed by atoms with Crippen molar-refractivity contribution in [3.8, 4) is 23.6 Å². The molecular weight excluding hydrogens is 526 g/mol. The molecule has 40 heavy (non-hydrogen) atoms. The smallest absolute Gasteiger partial charge is 0.319 e. The molecule has 0 unspecified atom stereocenters. The topological polar surface area (TPSA) is 142 Å². The van der Waals surface area contributed by atoms with Crippen molar-refractivity contribution >= 4 is 22.2 Å². The van der Waals surface area contributed by atoms with Gasteiger partial charge in [0.1, 0.15) is 29.2 Å². The molecule has 3 aromatic heterocycles. The summed E-state index contributed by atoms with van der Waals surface area (Å²) in [4.78, 5) is 20.2. The van der Waals surface area contributed by atoms with Gasteiger partial charge < -0.3 is 25.2 Å². The fourth-order valence-electron chi connectivity index (χ4n) is 6.78. The lowest BCUT2D eigenvalue weighted by Gasteiger charge is -2.30. The minimum absolute atomic E-state index is 0.339. The van der Waals surface area contributed by atoms with Crippen LogP contribution < -0.4 is 20.7 Å². The third-order valence-corrected chi connectivity index (χ3v) is 10.3. The van der Waals surface area contributed by atoms with Crippen molar-refractivity contribution in [2.45, 2.75) is 56.9 Å². The number of nitrogens with two attached hydrogens (primary N) is 1. The summed E-state index contributed by atoms with van der Waals surface area (Å²) in [5.74, 6) is 1.67. The van der Waals surface area contributed by atoms with Crippen LogP contribution in [0.25, 0.3) is 11.5 Å². The van der Waals surface area contributed by atoms with Crippen molar-refractivity contribution in [2.75, 3.05) is 57.0 Å². The lowest BCUT2D eigenvalue weighted by atomic mass is 9.72. The number of nitriles is 1. The first-order chi connectivity index (χ1) is 19.4. The standard InChI is InChI=1S/C28H35N9O2S/c1-27(5-3-4-20-22(27)18(14-29)23(30)40-20)25-34-24(35-39-25)19-12-21(37-10-8-31-9-11-37)33-26(32-19)38-15-17-13-28(6-7-28)16-36(17)2/h12,17,31H,3-11,13,15-16,30H2,1-2H3/t17-,27-/m0/s1. The molecule has 0 bridgehead atoms. The molecule has 5 heterocycles. The minimum Gasteiger partial charge on any atom is -0.462 e. The van der Waals surface area contributed by atoms with Crippen LogP contribution in [0.1, 0.15) is 60.9 Å². The second-order valence-electron chi connectivity index (χ2n) is 12.1. The van der Waals surface area contributed by atoms with Crippen LogP contribution in [0.4, 0.5) is 10.8 Å². The highest BCUT2D eigenvalue weighted by atomic mass is 32.1. The van der Waals surface area contributed by atoms with Gasteiger partial charge in [-0.1, -0.05) is 5.16 Å². The van der Waals surface area contributed by atoms with Crippen LogP contribution >= 0.6 is 11.3 Å². The van der Waals surface area contributed by atoms with Crippen LogP contribution in [0.15, 0.2) is 10.6 Å². The van der Waals surface area contributed by atoms with Crippen LogP contribution in [0.3, 0.4) is 0 Å². The Hall–Kier alpha value is -3.27. The van der Waals surface area contributed by atoms with Gasteiger partial charge in [-0.3, -0.25) is 4.90 Å². The largest absolute Gasteiger partial charge is 0.462 e. The first-order valence-corrected chi connectivity index (χ1v) is 15.0. The molecule has 11 nitrogen and oxygen atoms in total. The zero-order valence-electron chi connectivity index (χ0n) is 23.1. The van der Waals surface area contributed by atoms with Crippen molar-refractivity contribution in [3.05, 3.63) is 28.0 Å². The van der Waals surface area contributed by atoms with Crippen LogP contribution in [0.5, 0.6) is 6.01 Å². The number of aryl methyl sites for hydroxylation is 1. The molecule has 3 aromatic rings. The van der Waals surface area contributed by atoms with Crippen molar-refractivity contribution in [1.82, 2.24) is 30.3 Å². The Morgan fingerprint density at radius 1 is 1.25 bits per heavy atom. The number of nitrogen functional groups attached to an aromatic ring is 1. The van der Waals surface area contributed by atoms with Gasteiger partial charge in [0, 0.05) is 55.3 Å². The molecule has 3 fully saturated rings. The maximum absolute atomic E-state index is 9.86. The highest BCUT2D eigenvalue weighted by molar-refractivity contribution is 7.16. The maximum Gasteiger partial charge on any atom is 0.319 e. The van der Waals surface area contributed by atoms with Crippen LogP contribution in [-0.4, -0.2) is 77.4 Å². The van der Waals surface area contributed by atoms with Gasteiger partial charge in [-0.2, -0.15) is 20.2 Å². The van der Waals surface area contributed by atoms with E-state index in [4.69, 9.17) is 29.9 Å². The summed E-state index contributed by atoms with van der Waals surface area (Å²) in [5.41, 5.74) is 8.17. The third-order valence-electron chi connectivity index (χ3n) is 9.25. The molecule has 7 rings (SSSR count). The molecule has 1 saturated carbocycles. The first-order valence-electron chi connectivity index (χ1n) is 14.2. The van der Waals surface area contributed by atoms with E-state index in [1.54, 1.807) is 0 Å². The summed E-state index contributed by atoms with van der Waals surface area (Å²) >= 11 is 1.50. The van der Waals surface area contributed by atoms with Crippen molar-refractivity contribution in [3.63, 3.8) is 0 Å². The number of aromatic nitrogens is 4. The van der Waals surface area contributed by atoms with E-state index in [0.717, 1.165) is 68.2 Å². The van der Waals surface area contributed by atoms with Gasteiger partial charge in [0.15, 0.2) is 0 Å². The number of hydrogen-bond donors (Lipinski definition) is 2. The SMILES string of the molecule is CN1CC2(CC2)C[C@H]1COc1nc(-c2noc([C@@]3(C)CCCc4sc(N)c(C#N)c43)n2)cc(N2CCNCC2)n1. The summed E-state index contributed by atoms with van der Waals surface area (Å²) in [6, 6.07) is 4.94. The highest BCUT2D eigenvalue weighted by Gasteiger charge is 2.51. The molecular formula is C28H35N9O2S. The lowest BCUT2D eigenvalue weighted by Crippen LogP contribution is -2.44. The normalized spacial score (nSPS) is 25.6. The van der Waals surface area contributed by atoms with Gasteiger partial charge in [-0.15, -0.1) is 11.3 Å². The number of likely N-dealkylation sites (N-methyl/N-ethyl adjacent to an activating group) is 1. The lowest BCUT2D eigenvalue weighted by molar-refractivity contribution is 0.188. The molecule has 2 atom stereocenters. The van der Waals surface area contributed by atoms with Gasteiger partial charge >= 0.3 is 6.01 Å². The number of anilines is 2. The molecule has 3 N–H and O–H groups in total. The molecule has 0 amide bonds. The molecule has 2 saturated heterocycles. The van der Waals surface area contributed by atoms with Gasteiger partial charge in [0.25, 0.3) is 0 Å². The quantitative estimate of drug-likeness (QED) is 0.459. The second kappa shape index (κ2) is 9.68. The van der Waals surface area contributed by atoms with Crippen LogP contribution in [0, 0.1) is 16.7 Å². The van der Waals surface area contributed by atoms with E-state index in [1.165, 1.54) is 30.6 Å². The van der Waals surface area contributed by atoms with Crippen molar-refractivity contribution in [1.29, 1.82) is 5.26 Å². The van der Waals surface area contributed by atoms with Crippen LogP contribution in [-0.2, 0) is 11.8 Å². The summed E-state index contributed by atoms with van der Waals surface area (Å²) in [5, 5.41) is 18.2. The highest BCUT2D eigenvalue weighted by Crippen LogP contribution is 2.54. The number of likely N-dealkylation sites (tertiary alicyclic amines) is 1.